The molecule has 0 aliphatic rings. The largest absolute Gasteiger partial charge is 0.510 e. The van der Waals surface area contributed by atoms with Crippen molar-refractivity contribution in [1.82, 2.24) is 0 Å². The molecule has 0 aliphatic carbocycles. The topological polar surface area (TPSA) is 60.7 Å². The average molecular weight is 132 g/mol. The van der Waals surface area contributed by atoms with Crippen molar-refractivity contribution >= 4 is 0 Å². The minimum Gasteiger partial charge on any atom is -0.510 e. The zero-order valence-corrected chi connectivity index (χ0v) is 5.41. The Hall–Kier alpha value is -0.540. The van der Waals surface area contributed by atoms with Crippen molar-refractivity contribution in [3.8, 4) is 0 Å². The van der Waals surface area contributed by atoms with E-state index in [9.17, 15) is 0 Å². The summed E-state index contributed by atoms with van der Waals surface area (Å²) in [4.78, 5) is 0. The maximum Gasteiger partial charge on any atom is 0.117 e. The lowest BCUT2D eigenvalue weighted by molar-refractivity contribution is 0.120. The summed E-state index contributed by atoms with van der Waals surface area (Å²) in [7, 11) is 0. The highest BCUT2D eigenvalue weighted by Gasteiger charge is 2.05. The van der Waals surface area contributed by atoms with Gasteiger partial charge in [-0.15, -0.1) is 0 Å². The number of hydrogen-bond donors (Lipinski definition) is 3. The Morgan fingerprint density at radius 2 is 2.22 bits per heavy atom. The molecule has 0 saturated carbocycles. The summed E-state index contributed by atoms with van der Waals surface area (Å²) in [5.74, 6) is -0.0796. The Balaban J connectivity index is 3.59. The smallest absolute Gasteiger partial charge is 0.117 e. The van der Waals surface area contributed by atoms with Gasteiger partial charge in [0.25, 0.3) is 0 Å². The van der Waals surface area contributed by atoms with E-state index in [4.69, 9.17) is 15.3 Å². The molecule has 0 saturated heterocycles. The molecule has 0 aromatic rings. The Bertz CT molecular complexity index is 98.5. The standard InChI is InChI=1S/C6H12O3/c1-2-5(8)6(9)3-4-7/h2,6-9H,3-4H2,1H3/b5-2-/t6-/m0/s1. The lowest BCUT2D eigenvalue weighted by atomic mass is 10.2. The van der Waals surface area contributed by atoms with Crippen LogP contribution in [0.25, 0.3) is 0 Å². The molecule has 0 heterocycles. The second-order valence-electron chi connectivity index (χ2n) is 1.74. The molecule has 0 aromatic carbocycles. The van der Waals surface area contributed by atoms with Crippen LogP contribution in [0.5, 0.6) is 0 Å². The molecule has 0 amide bonds. The van der Waals surface area contributed by atoms with E-state index in [1.165, 1.54) is 6.08 Å². The minimum absolute atomic E-state index is 0.0796. The Morgan fingerprint density at radius 1 is 1.67 bits per heavy atom. The number of aliphatic hydroxyl groups is 3. The molecular formula is C6H12O3. The fourth-order valence-electron chi connectivity index (χ4n) is 0.463. The van der Waals surface area contributed by atoms with Gasteiger partial charge in [-0.25, -0.2) is 0 Å². The molecule has 0 aliphatic heterocycles. The highest BCUT2D eigenvalue weighted by molar-refractivity contribution is 4.94. The predicted octanol–water partition coefficient (Wildman–Crippen LogP) is 0.192. The van der Waals surface area contributed by atoms with Gasteiger partial charge in [-0.05, 0) is 13.0 Å². The maximum atomic E-state index is 8.84. The van der Waals surface area contributed by atoms with Crippen molar-refractivity contribution in [3.05, 3.63) is 11.8 Å². The summed E-state index contributed by atoms with van der Waals surface area (Å²) in [6.45, 7) is 1.51. The fraction of sp³-hybridized carbons (Fsp3) is 0.667. The highest BCUT2D eigenvalue weighted by Crippen LogP contribution is 2.00. The van der Waals surface area contributed by atoms with Crippen molar-refractivity contribution in [2.24, 2.45) is 0 Å². The molecule has 1 atom stereocenters. The van der Waals surface area contributed by atoms with Gasteiger partial charge in [0, 0.05) is 13.0 Å². The van der Waals surface area contributed by atoms with Crippen LogP contribution in [0.4, 0.5) is 0 Å². The van der Waals surface area contributed by atoms with Crippen LogP contribution in [-0.4, -0.2) is 28.0 Å². The SMILES string of the molecule is C/C=C(\O)[C@@H](O)CCO. The fourth-order valence-corrected chi connectivity index (χ4v) is 0.463. The second kappa shape index (κ2) is 4.35. The molecule has 0 fully saturated rings. The van der Waals surface area contributed by atoms with Crippen molar-refractivity contribution < 1.29 is 15.3 Å². The third kappa shape index (κ3) is 3.11. The molecule has 3 heteroatoms. The van der Waals surface area contributed by atoms with Crippen LogP contribution in [0.2, 0.25) is 0 Å². The van der Waals surface area contributed by atoms with Gasteiger partial charge in [0.1, 0.15) is 11.9 Å². The molecule has 0 spiro atoms. The first kappa shape index (κ1) is 8.46. The molecule has 0 rings (SSSR count). The molecule has 3 nitrogen and oxygen atoms in total. The second-order valence-corrected chi connectivity index (χ2v) is 1.74. The van der Waals surface area contributed by atoms with Crippen molar-refractivity contribution in [2.45, 2.75) is 19.4 Å². The van der Waals surface area contributed by atoms with Gasteiger partial charge in [-0.2, -0.15) is 0 Å². The molecule has 3 N–H and O–H groups in total. The zero-order valence-electron chi connectivity index (χ0n) is 5.41. The quantitative estimate of drug-likeness (QED) is 0.480. The summed E-state index contributed by atoms with van der Waals surface area (Å²) < 4.78 is 0. The first-order valence-corrected chi connectivity index (χ1v) is 2.86. The molecule has 0 aromatic heterocycles. The number of rotatable bonds is 3. The lowest BCUT2D eigenvalue weighted by Gasteiger charge is -2.05. The Morgan fingerprint density at radius 3 is 2.56 bits per heavy atom. The normalized spacial score (nSPS) is 15.7. The van der Waals surface area contributed by atoms with Gasteiger partial charge < -0.3 is 15.3 Å². The Labute approximate surface area is 54.3 Å². The summed E-state index contributed by atoms with van der Waals surface area (Å²) in [5, 5.41) is 25.9. The molecule has 0 radical (unpaired) electrons. The first-order valence-electron chi connectivity index (χ1n) is 2.86. The highest BCUT2D eigenvalue weighted by atomic mass is 16.3. The summed E-state index contributed by atoms with van der Waals surface area (Å²) in [5.41, 5.74) is 0. The van der Waals surface area contributed by atoms with Gasteiger partial charge >= 0.3 is 0 Å². The third-order valence-corrected chi connectivity index (χ3v) is 1.04. The van der Waals surface area contributed by atoms with Gasteiger partial charge in [-0.3, -0.25) is 0 Å². The number of allylic oxidation sites excluding steroid dienone is 1. The van der Waals surface area contributed by atoms with Gasteiger partial charge in [-0.1, -0.05) is 0 Å². The summed E-state index contributed by atoms with van der Waals surface area (Å²) >= 11 is 0. The van der Waals surface area contributed by atoms with Crippen LogP contribution < -0.4 is 0 Å². The zero-order chi connectivity index (χ0) is 7.28. The third-order valence-electron chi connectivity index (χ3n) is 1.04. The lowest BCUT2D eigenvalue weighted by Crippen LogP contribution is -2.11. The summed E-state index contributed by atoms with van der Waals surface area (Å²) in [6.07, 6.45) is 0.691. The molecule has 54 valence electrons. The van der Waals surface area contributed by atoms with Gasteiger partial charge in [0.05, 0.1) is 0 Å². The van der Waals surface area contributed by atoms with Crippen LogP contribution in [0.1, 0.15) is 13.3 Å². The van der Waals surface area contributed by atoms with E-state index in [1.54, 1.807) is 6.92 Å². The monoisotopic (exact) mass is 132 g/mol. The molecular weight excluding hydrogens is 120 g/mol. The number of aliphatic hydroxyl groups excluding tert-OH is 3. The van der Waals surface area contributed by atoms with E-state index < -0.39 is 6.10 Å². The van der Waals surface area contributed by atoms with Gasteiger partial charge in [0.15, 0.2) is 0 Å². The van der Waals surface area contributed by atoms with Gasteiger partial charge in [0.2, 0.25) is 0 Å². The first-order chi connectivity index (χ1) is 4.22. The van der Waals surface area contributed by atoms with Crippen LogP contribution in [0.15, 0.2) is 11.8 Å². The molecule has 9 heavy (non-hydrogen) atoms. The summed E-state index contributed by atoms with van der Waals surface area (Å²) in [6, 6.07) is 0. The van der Waals surface area contributed by atoms with Crippen molar-refractivity contribution in [3.63, 3.8) is 0 Å². The molecule has 0 bridgehead atoms. The van der Waals surface area contributed by atoms with E-state index in [0.29, 0.717) is 0 Å². The van der Waals surface area contributed by atoms with E-state index in [1.807, 2.05) is 0 Å². The van der Waals surface area contributed by atoms with E-state index in [-0.39, 0.29) is 18.8 Å². The van der Waals surface area contributed by atoms with Crippen LogP contribution in [-0.2, 0) is 0 Å². The Kier molecular flexibility index (Phi) is 4.09. The van der Waals surface area contributed by atoms with E-state index in [0.717, 1.165) is 0 Å². The van der Waals surface area contributed by atoms with E-state index in [2.05, 4.69) is 0 Å². The average Bonchev–Trinajstić information content (AvgIpc) is 1.87. The predicted molar refractivity (Wildman–Crippen MR) is 34.1 cm³/mol. The molecule has 0 unspecified atom stereocenters. The van der Waals surface area contributed by atoms with Crippen molar-refractivity contribution in [2.75, 3.05) is 6.61 Å². The van der Waals surface area contributed by atoms with E-state index >= 15 is 0 Å². The van der Waals surface area contributed by atoms with Crippen molar-refractivity contribution in [1.29, 1.82) is 0 Å². The number of hydrogen-bond acceptors (Lipinski definition) is 3. The van der Waals surface area contributed by atoms with Crippen LogP contribution in [0.3, 0.4) is 0 Å². The minimum atomic E-state index is -0.903. The van der Waals surface area contributed by atoms with Crippen LogP contribution >= 0.6 is 0 Å². The van der Waals surface area contributed by atoms with Crippen LogP contribution in [0, 0.1) is 0 Å². The maximum absolute atomic E-state index is 8.84.